The molecular formula is C13H21N5O2. The van der Waals surface area contributed by atoms with Crippen molar-refractivity contribution in [2.24, 2.45) is 5.84 Å². The topological polar surface area (TPSA) is 87.7 Å². The second kappa shape index (κ2) is 6.17. The van der Waals surface area contributed by atoms with E-state index in [0.29, 0.717) is 12.6 Å². The van der Waals surface area contributed by atoms with E-state index in [2.05, 4.69) is 29.3 Å². The zero-order valence-electron chi connectivity index (χ0n) is 11.9. The van der Waals surface area contributed by atoms with Crippen molar-refractivity contribution < 1.29 is 4.92 Å². The lowest BCUT2D eigenvalue weighted by atomic mass is 10.1. The average Bonchev–Trinajstić information content (AvgIpc) is 2.87. The number of likely N-dealkylation sites (N-methyl/N-ethyl adjacent to an activating group) is 1. The highest BCUT2D eigenvalue weighted by Gasteiger charge is 2.24. The van der Waals surface area contributed by atoms with Crippen LogP contribution in [0.1, 0.15) is 12.0 Å². The maximum absolute atomic E-state index is 10.9. The molecule has 1 atom stereocenters. The van der Waals surface area contributed by atoms with Crippen LogP contribution in [-0.4, -0.2) is 47.9 Å². The van der Waals surface area contributed by atoms with Gasteiger partial charge in [0.05, 0.1) is 10.6 Å². The van der Waals surface area contributed by atoms with Gasteiger partial charge in [0.25, 0.3) is 5.69 Å². The lowest BCUT2D eigenvalue weighted by Gasteiger charge is -2.21. The van der Waals surface area contributed by atoms with E-state index in [1.165, 1.54) is 6.07 Å². The minimum atomic E-state index is -0.379. The predicted molar refractivity (Wildman–Crippen MR) is 78.3 cm³/mol. The molecule has 1 aromatic carbocycles. The second-order valence-corrected chi connectivity index (χ2v) is 5.38. The molecule has 2 rings (SSSR count). The molecule has 1 aliphatic rings. The Kier molecular flexibility index (Phi) is 4.53. The van der Waals surface area contributed by atoms with E-state index in [0.717, 1.165) is 30.8 Å². The number of nitrogens with one attached hydrogen (secondary N) is 1. The number of nitrogens with two attached hydrogens (primary N) is 1. The Hall–Kier alpha value is -1.70. The molecule has 1 unspecified atom stereocenters. The smallest absolute Gasteiger partial charge is 0.269 e. The molecule has 1 aromatic rings. The van der Waals surface area contributed by atoms with Crippen molar-refractivity contribution in [3.63, 3.8) is 0 Å². The van der Waals surface area contributed by atoms with Crippen LogP contribution < -0.4 is 11.3 Å². The Morgan fingerprint density at radius 1 is 1.55 bits per heavy atom. The van der Waals surface area contributed by atoms with E-state index in [9.17, 15) is 10.1 Å². The van der Waals surface area contributed by atoms with Gasteiger partial charge in [-0.3, -0.25) is 20.9 Å². The summed E-state index contributed by atoms with van der Waals surface area (Å²) in [5.41, 5.74) is 4.31. The summed E-state index contributed by atoms with van der Waals surface area (Å²) < 4.78 is 0. The molecule has 1 heterocycles. The first kappa shape index (κ1) is 14.7. The van der Waals surface area contributed by atoms with Crippen LogP contribution in [-0.2, 0) is 6.54 Å². The minimum absolute atomic E-state index is 0.0994. The van der Waals surface area contributed by atoms with Crippen molar-refractivity contribution in [3.8, 4) is 0 Å². The van der Waals surface area contributed by atoms with Crippen LogP contribution in [0.2, 0.25) is 0 Å². The van der Waals surface area contributed by atoms with Gasteiger partial charge in [-0.05, 0) is 32.1 Å². The number of benzene rings is 1. The number of hydrogen-bond acceptors (Lipinski definition) is 6. The normalized spacial score (nSPS) is 19.5. The number of rotatable bonds is 5. The van der Waals surface area contributed by atoms with E-state index in [1.54, 1.807) is 12.1 Å². The van der Waals surface area contributed by atoms with Gasteiger partial charge in [-0.15, -0.1) is 0 Å². The number of hydrazine groups is 1. The highest BCUT2D eigenvalue weighted by molar-refractivity contribution is 5.55. The minimum Gasteiger partial charge on any atom is -0.324 e. The first-order valence-electron chi connectivity index (χ1n) is 6.64. The number of hydrogen-bond donors (Lipinski definition) is 2. The zero-order valence-corrected chi connectivity index (χ0v) is 11.9. The molecule has 0 saturated carbocycles. The quantitative estimate of drug-likeness (QED) is 0.475. The van der Waals surface area contributed by atoms with E-state index < -0.39 is 0 Å². The standard InChI is InChI=1S/C13H21N5O2/c1-16(2)12-5-6-17(9-12)8-10-7-11(18(19)20)3-4-13(10)15-14/h3-4,7,12,15H,5-6,8-9,14H2,1-2H3. The molecule has 0 aliphatic carbocycles. The Balaban J connectivity index is 2.12. The summed E-state index contributed by atoms with van der Waals surface area (Å²) in [6, 6.07) is 5.26. The van der Waals surface area contributed by atoms with Gasteiger partial charge < -0.3 is 10.3 Å². The van der Waals surface area contributed by atoms with Crippen LogP contribution in [0.15, 0.2) is 18.2 Å². The lowest BCUT2D eigenvalue weighted by Crippen LogP contribution is -2.31. The fourth-order valence-electron chi connectivity index (χ4n) is 2.58. The molecule has 1 fully saturated rings. The van der Waals surface area contributed by atoms with E-state index >= 15 is 0 Å². The Bertz CT molecular complexity index is 492. The SMILES string of the molecule is CN(C)C1CCN(Cc2cc([N+](=O)[O-])ccc2NN)C1. The highest BCUT2D eigenvalue weighted by Crippen LogP contribution is 2.25. The van der Waals surface area contributed by atoms with Crippen molar-refractivity contribution in [1.29, 1.82) is 0 Å². The monoisotopic (exact) mass is 279 g/mol. The number of nitrogens with zero attached hydrogens (tertiary/aromatic N) is 3. The summed E-state index contributed by atoms with van der Waals surface area (Å²) in [5, 5.41) is 10.9. The van der Waals surface area contributed by atoms with Crippen molar-refractivity contribution in [1.82, 2.24) is 9.80 Å². The second-order valence-electron chi connectivity index (χ2n) is 5.38. The van der Waals surface area contributed by atoms with Gasteiger partial charge in [0.2, 0.25) is 0 Å². The molecule has 0 radical (unpaired) electrons. The van der Waals surface area contributed by atoms with E-state index in [1.807, 2.05) is 0 Å². The third kappa shape index (κ3) is 3.24. The average molecular weight is 279 g/mol. The molecule has 0 aromatic heterocycles. The summed E-state index contributed by atoms with van der Waals surface area (Å²) in [6.45, 7) is 2.64. The number of nitro groups is 1. The van der Waals surface area contributed by atoms with Crippen molar-refractivity contribution in [2.45, 2.75) is 19.0 Å². The van der Waals surface area contributed by atoms with Gasteiger partial charge in [0.1, 0.15) is 0 Å². The summed E-state index contributed by atoms with van der Waals surface area (Å²) >= 11 is 0. The van der Waals surface area contributed by atoms with Crippen LogP contribution in [0.5, 0.6) is 0 Å². The van der Waals surface area contributed by atoms with Crippen LogP contribution in [0.3, 0.4) is 0 Å². The van der Waals surface area contributed by atoms with Gasteiger partial charge in [0, 0.05) is 37.8 Å². The van der Waals surface area contributed by atoms with E-state index in [4.69, 9.17) is 5.84 Å². The molecule has 110 valence electrons. The number of non-ortho nitro benzene ring substituents is 1. The fraction of sp³-hybridized carbons (Fsp3) is 0.538. The van der Waals surface area contributed by atoms with Gasteiger partial charge in [0.15, 0.2) is 0 Å². The Morgan fingerprint density at radius 3 is 2.85 bits per heavy atom. The van der Waals surface area contributed by atoms with Gasteiger partial charge >= 0.3 is 0 Å². The molecular weight excluding hydrogens is 258 g/mol. The third-order valence-electron chi connectivity index (χ3n) is 3.83. The Morgan fingerprint density at radius 2 is 2.30 bits per heavy atom. The molecule has 0 spiro atoms. The fourth-order valence-corrected chi connectivity index (χ4v) is 2.58. The number of likely N-dealkylation sites (tertiary alicyclic amines) is 1. The van der Waals surface area contributed by atoms with Gasteiger partial charge in [-0.2, -0.15) is 0 Å². The molecule has 7 heteroatoms. The predicted octanol–water partition coefficient (Wildman–Crippen LogP) is 1.02. The zero-order chi connectivity index (χ0) is 14.7. The molecule has 7 nitrogen and oxygen atoms in total. The largest absolute Gasteiger partial charge is 0.324 e. The number of anilines is 1. The highest BCUT2D eigenvalue weighted by atomic mass is 16.6. The maximum Gasteiger partial charge on any atom is 0.269 e. The molecule has 1 saturated heterocycles. The van der Waals surface area contributed by atoms with Crippen molar-refractivity contribution >= 4 is 11.4 Å². The van der Waals surface area contributed by atoms with Crippen LogP contribution in [0.25, 0.3) is 0 Å². The molecule has 20 heavy (non-hydrogen) atoms. The molecule has 0 amide bonds. The third-order valence-corrected chi connectivity index (χ3v) is 3.83. The number of nitro benzene ring substituents is 1. The van der Waals surface area contributed by atoms with Crippen LogP contribution in [0, 0.1) is 10.1 Å². The molecule has 0 bridgehead atoms. The Labute approximate surface area is 118 Å². The van der Waals surface area contributed by atoms with Crippen LogP contribution in [0.4, 0.5) is 11.4 Å². The first-order valence-corrected chi connectivity index (χ1v) is 6.64. The summed E-state index contributed by atoms with van der Waals surface area (Å²) in [7, 11) is 4.16. The van der Waals surface area contributed by atoms with Crippen molar-refractivity contribution in [3.05, 3.63) is 33.9 Å². The summed E-state index contributed by atoms with van der Waals surface area (Å²) in [4.78, 5) is 15.0. The maximum atomic E-state index is 10.9. The molecule has 1 aliphatic heterocycles. The van der Waals surface area contributed by atoms with Crippen LogP contribution >= 0.6 is 0 Å². The first-order chi connectivity index (χ1) is 9.51. The summed E-state index contributed by atoms with van der Waals surface area (Å²) in [6.07, 6.45) is 1.12. The van der Waals surface area contributed by atoms with Gasteiger partial charge in [-0.25, -0.2) is 0 Å². The van der Waals surface area contributed by atoms with E-state index in [-0.39, 0.29) is 10.6 Å². The van der Waals surface area contributed by atoms with Gasteiger partial charge in [-0.1, -0.05) is 0 Å². The number of nitrogen functional groups attached to an aromatic ring is 1. The van der Waals surface area contributed by atoms with Crippen molar-refractivity contribution in [2.75, 3.05) is 32.6 Å². The molecule has 3 N–H and O–H groups in total. The lowest BCUT2D eigenvalue weighted by molar-refractivity contribution is -0.384. The summed E-state index contributed by atoms with van der Waals surface area (Å²) in [5.74, 6) is 5.48.